The molecule has 1 aliphatic carbocycles. The Morgan fingerprint density at radius 2 is 2.05 bits per heavy atom. The average Bonchev–Trinajstić information content (AvgIpc) is 2.87. The summed E-state index contributed by atoms with van der Waals surface area (Å²) in [4.78, 5) is 0. The first-order chi connectivity index (χ1) is 9.74. The highest BCUT2D eigenvalue weighted by atomic mass is 16.5. The minimum atomic E-state index is 0.203. The van der Waals surface area contributed by atoms with E-state index < -0.39 is 0 Å². The van der Waals surface area contributed by atoms with Gasteiger partial charge < -0.3 is 14.8 Å². The molecular formula is C17H25NO2. The molecule has 0 aromatic heterocycles. The highest BCUT2D eigenvalue weighted by Gasteiger charge is 2.26. The number of fused-ring (bicyclic) bond motifs is 1. The fourth-order valence-corrected chi connectivity index (χ4v) is 3.30. The minimum Gasteiger partial charge on any atom is -0.487 e. The Hall–Kier alpha value is -1.06. The third-order valence-corrected chi connectivity index (χ3v) is 4.56. The quantitative estimate of drug-likeness (QED) is 0.916. The Labute approximate surface area is 121 Å². The molecule has 0 spiro atoms. The molecule has 1 heterocycles. The van der Waals surface area contributed by atoms with E-state index in [9.17, 15) is 0 Å². The topological polar surface area (TPSA) is 30.5 Å². The van der Waals surface area contributed by atoms with Crippen molar-refractivity contribution in [3.05, 3.63) is 29.3 Å². The second-order valence-corrected chi connectivity index (χ2v) is 6.15. The van der Waals surface area contributed by atoms with E-state index in [-0.39, 0.29) is 6.10 Å². The van der Waals surface area contributed by atoms with E-state index in [1.165, 1.54) is 36.8 Å². The first-order valence-electron chi connectivity index (χ1n) is 7.79. The second-order valence-electron chi connectivity index (χ2n) is 6.15. The van der Waals surface area contributed by atoms with Crippen LogP contribution in [0.5, 0.6) is 5.75 Å². The summed E-state index contributed by atoms with van der Waals surface area (Å²) >= 11 is 0. The lowest BCUT2D eigenvalue weighted by atomic mass is 9.93. The summed E-state index contributed by atoms with van der Waals surface area (Å²) < 4.78 is 12.0. The molecule has 2 aliphatic rings. The van der Waals surface area contributed by atoms with Crippen LogP contribution in [0.25, 0.3) is 0 Å². The van der Waals surface area contributed by atoms with E-state index in [4.69, 9.17) is 9.47 Å². The summed E-state index contributed by atoms with van der Waals surface area (Å²) in [6.07, 6.45) is 6.41. The Morgan fingerprint density at radius 3 is 2.80 bits per heavy atom. The summed E-state index contributed by atoms with van der Waals surface area (Å²) in [5.41, 5.74) is 2.64. The zero-order valence-electron chi connectivity index (χ0n) is 12.5. The van der Waals surface area contributed by atoms with Crippen molar-refractivity contribution in [2.75, 3.05) is 13.7 Å². The molecule has 1 aromatic rings. The van der Waals surface area contributed by atoms with Gasteiger partial charge in [-0.15, -0.1) is 0 Å². The van der Waals surface area contributed by atoms with Gasteiger partial charge in [0.05, 0.1) is 12.7 Å². The number of rotatable bonds is 4. The van der Waals surface area contributed by atoms with E-state index in [2.05, 4.69) is 37.5 Å². The van der Waals surface area contributed by atoms with Gasteiger partial charge >= 0.3 is 0 Å². The lowest BCUT2D eigenvalue weighted by molar-refractivity contribution is -0.0135. The lowest BCUT2D eigenvalue weighted by Crippen LogP contribution is -2.34. The van der Waals surface area contributed by atoms with Gasteiger partial charge in [0.15, 0.2) is 0 Å². The Morgan fingerprint density at radius 1 is 1.25 bits per heavy atom. The van der Waals surface area contributed by atoms with E-state index in [0.717, 1.165) is 18.8 Å². The summed E-state index contributed by atoms with van der Waals surface area (Å²) in [6, 6.07) is 7.11. The van der Waals surface area contributed by atoms with Crippen molar-refractivity contribution >= 4 is 0 Å². The lowest BCUT2D eigenvalue weighted by Gasteiger charge is -2.28. The molecule has 0 saturated heterocycles. The summed E-state index contributed by atoms with van der Waals surface area (Å²) in [6.45, 7) is 2.85. The molecule has 0 amide bonds. The van der Waals surface area contributed by atoms with Gasteiger partial charge in [-0.25, -0.2) is 0 Å². The molecule has 1 unspecified atom stereocenters. The maximum atomic E-state index is 6.07. The van der Waals surface area contributed by atoms with Crippen molar-refractivity contribution in [2.45, 2.75) is 57.3 Å². The van der Waals surface area contributed by atoms with E-state index >= 15 is 0 Å². The fraction of sp³-hybridized carbons (Fsp3) is 0.647. The summed E-state index contributed by atoms with van der Waals surface area (Å²) in [7, 11) is 2.05. The van der Waals surface area contributed by atoms with E-state index in [1.54, 1.807) is 0 Å². The molecule has 1 aliphatic heterocycles. The van der Waals surface area contributed by atoms with E-state index in [0.29, 0.717) is 12.1 Å². The van der Waals surface area contributed by atoms with Crippen LogP contribution >= 0.6 is 0 Å². The highest BCUT2D eigenvalue weighted by molar-refractivity contribution is 5.40. The largest absolute Gasteiger partial charge is 0.487 e. The molecule has 1 aromatic carbocycles. The van der Waals surface area contributed by atoms with Crippen molar-refractivity contribution in [3.63, 3.8) is 0 Å². The third-order valence-electron chi connectivity index (χ3n) is 4.56. The number of nitrogens with one attached hydrogen (secondary N) is 1. The summed E-state index contributed by atoms with van der Waals surface area (Å²) in [5.74, 6) is 1.04. The number of hydrogen-bond donors (Lipinski definition) is 1. The van der Waals surface area contributed by atoms with Crippen molar-refractivity contribution in [1.82, 2.24) is 5.32 Å². The monoisotopic (exact) mass is 275 g/mol. The highest BCUT2D eigenvalue weighted by Crippen LogP contribution is 2.30. The smallest absolute Gasteiger partial charge is 0.126 e. The predicted molar refractivity (Wildman–Crippen MR) is 80.4 cm³/mol. The van der Waals surface area contributed by atoms with Gasteiger partial charge in [0.2, 0.25) is 0 Å². The van der Waals surface area contributed by atoms with Gasteiger partial charge in [-0.05, 0) is 51.3 Å². The number of hydrogen-bond acceptors (Lipinski definition) is 3. The molecule has 3 heteroatoms. The van der Waals surface area contributed by atoms with Crippen LogP contribution in [0.1, 0.15) is 36.8 Å². The summed E-state index contributed by atoms with van der Waals surface area (Å²) in [5, 5.41) is 3.36. The normalized spacial score (nSPS) is 29.0. The van der Waals surface area contributed by atoms with Crippen molar-refractivity contribution in [2.24, 2.45) is 0 Å². The van der Waals surface area contributed by atoms with Gasteiger partial charge in [-0.3, -0.25) is 0 Å². The number of aryl methyl sites for hydroxylation is 1. The van der Waals surface area contributed by atoms with Crippen molar-refractivity contribution < 1.29 is 9.47 Å². The van der Waals surface area contributed by atoms with Gasteiger partial charge in [-0.2, -0.15) is 0 Å². The number of ether oxygens (including phenoxy) is 2. The van der Waals surface area contributed by atoms with E-state index in [1.807, 2.05) is 0 Å². The SMILES string of the molecule is CNC1CCC(OCC2Cc3cc(C)ccc3O2)CC1. The molecule has 20 heavy (non-hydrogen) atoms. The van der Waals surface area contributed by atoms with Crippen molar-refractivity contribution in [3.8, 4) is 5.75 Å². The van der Waals surface area contributed by atoms with Crippen LogP contribution in [0.3, 0.4) is 0 Å². The van der Waals surface area contributed by atoms with Crippen LogP contribution in [-0.4, -0.2) is 31.9 Å². The maximum Gasteiger partial charge on any atom is 0.126 e. The van der Waals surface area contributed by atoms with Crippen LogP contribution in [-0.2, 0) is 11.2 Å². The second kappa shape index (κ2) is 6.15. The van der Waals surface area contributed by atoms with Gasteiger partial charge in [0, 0.05) is 12.5 Å². The van der Waals surface area contributed by atoms with Gasteiger partial charge in [-0.1, -0.05) is 17.7 Å². The Balaban J connectivity index is 1.45. The molecule has 0 bridgehead atoms. The van der Waals surface area contributed by atoms with Crippen LogP contribution in [0, 0.1) is 6.92 Å². The standard InChI is InChI=1S/C17H25NO2/c1-12-3-8-17-13(9-12)10-16(20-17)11-19-15-6-4-14(18-2)5-7-15/h3,8-9,14-16,18H,4-7,10-11H2,1-2H3. The first kappa shape index (κ1) is 13.9. The molecule has 3 rings (SSSR count). The van der Waals surface area contributed by atoms with Gasteiger partial charge in [0.1, 0.15) is 11.9 Å². The zero-order valence-corrected chi connectivity index (χ0v) is 12.5. The minimum absolute atomic E-state index is 0.203. The maximum absolute atomic E-state index is 6.07. The first-order valence-corrected chi connectivity index (χ1v) is 7.79. The van der Waals surface area contributed by atoms with Crippen molar-refractivity contribution in [1.29, 1.82) is 0 Å². The van der Waals surface area contributed by atoms with Crippen LogP contribution in [0.2, 0.25) is 0 Å². The molecule has 0 radical (unpaired) electrons. The Kier molecular flexibility index (Phi) is 4.27. The molecule has 3 nitrogen and oxygen atoms in total. The molecule has 1 atom stereocenters. The third kappa shape index (κ3) is 3.15. The molecule has 110 valence electrons. The molecule has 1 N–H and O–H groups in total. The number of benzene rings is 1. The fourth-order valence-electron chi connectivity index (χ4n) is 3.30. The van der Waals surface area contributed by atoms with Crippen LogP contribution in [0.15, 0.2) is 18.2 Å². The zero-order chi connectivity index (χ0) is 13.9. The van der Waals surface area contributed by atoms with Crippen LogP contribution in [0.4, 0.5) is 0 Å². The average molecular weight is 275 g/mol. The van der Waals surface area contributed by atoms with Crippen LogP contribution < -0.4 is 10.1 Å². The van der Waals surface area contributed by atoms with Gasteiger partial charge in [0.25, 0.3) is 0 Å². The molecular weight excluding hydrogens is 250 g/mol. The predicted octanol–water partition coefficient (Wildman–Crippen LogP) is 2.85. The Bertz CT molecular complexity index is 452. The molecule has 1 saturated carbocycles. The molecule has 1 fully saturated rings.